The molecule has 0 atom stereocenters. The van der Waals surface area contributed by atoms with Gasteiger partial charge in [0.2, 0.25) is 0 Å². The second kappa shape index (κ2) is 11.3. The molecule has 6 heterocycles. The molecular weight excluding hydrogens is 691 g/mol. The summed E-state index contributed by atoms with van der Waals surface area (Å²) in [6.45, 7) is 3.67. The van der Waals surface area contributed by atoms with Crippen molar-refractivity contribution in [1.82, 2.24) is 0 Å². The quantitative estimate of drug-likeness (QED) is 0.120. The Morgan fingerprint density at radius 2 is 0.851 bits per heavy atom. The number of alkyl halides is 6. The molecule has 0 saturated carbocycles. The first kappa shape index (κ1) is 32.0. The van der Waals surface area contributed by atoms with E-state index in [1.165, 1.54) is 34.8 Å². The minimum absolute atomic E-state index is 0.242. The average Bonchev–Trinajstić information content (AvgIpc) is 3.83. The van der Waals surface area contributed by atoms with Crippen LogP contribution in [0.2, 0.25) is 0 Å². The topological polar surface area (TPSA) is 7.76 Å². The molecule has 6 aromatic heterocycles. The van der Waals surface area contributed by atoms with Crippen molar-refractivity contribution in [2.45, 2.75) is 31.6 Å². The summed E-state index contributed by atoms with van der Waals surface area (Å²) in [5.41, 5.74) is -2.00. The Hall–Kier alpha value is -3.58. The molecule has 0 bridgehead atoms. The second-order valence-corrected chi connectivity index (χ2v) is 16.2. The van der Waals surface area contributed by atoms with Crippen LogP contribution in [0.4, 0.5) is 26.3 Å². The van der Waals surface area contributed by atoms with Crippen LogP contribution in [0, 0.1) is 13.8 Å². The van der Waals surface area contributed by atoms with Crippen LogP contribution in [0.3, 0.4) is 0 Å². The molecule has 240 valence electrons. The van der Waals surface area contributed by atoms with Crippen LogP contribution < -0.4 is 9.13 Å². The van der Waals surface area contributed by atoms with Gasteiger partial charge in [-0.2, -0.15) is 26.3 Å². The number of halogens is 6. The van der Waals surface area contributed by atoms with Crippen molar-refractivity contribution in [2.75, 3.05) is 0 Å². The number of aromatic nitrogens is 2. The third-order valence-corrected chi connectivity index (χ3v) is 12.9. The molecule has 0 radical (unpaired) electrons. The third kappa shape index (κ3) is 5.11. The molecule has 0 saturated heterocycles. The fourth-order valence-corrected chi connectivity index (χ4v) is 10.0. The first-order chi connectivity index (χ1) is 22.2. The van der Waals surface area contributed by atoms with E-state index >= 15 is 26.3 Å². The van der Waals surface area contributed by atoms with Crippen LogP contribution >= 0.6 is 45.3 Å². The maximum absolute atomic E-state index is 16.3. The Balaban J connectivity index is 1.58. The van der Waals surface area contributed by atoms with Crippen molar-refractivity contribution < 1.29 is 35.5 Å². The molecule has 12 heteroatoms. The molecule has 1 aliphatic carbocycles. The number of hydrogen-bond acceptors (Lipinski definition) is 4. The van der Waals surface area contributed by atoms with E-state index in [4.69, 9.17) is 0 Å². The Morgan fingerprint density at radius 3 is 1.17 bits per heavy atom. The predicted octanol–water partition coefficient (Wildman–Crippen LogP) is 10.7. The summed E-state index contributed by atoms with van der Waals surface area (Å²) in [6.07, 6.45) is 7.08. The van der Waals surface area contributed by atoms with Crippen molar-refractivity contribution in [1.29, 1.82) is 0 Å². The van der Waals surface area contributed by atoms with Crippen molar-refractivity contribution in [3.8, 4) is 40.4 Å². The monoisotopic (exact) mass is 716 g/mol. The zero-order valence-electron chi connectivity index (χ0n) is 25.4. The molecule has 6 aromatic rings. The molecule has 47 heavy (non-hydrogen) atoms. The summed E-state index contributed by atoms with van der Waals surface area (Å²) >= 11 is 4.83. The molecule has 1 aliphatic rings. The van der Waals surface area contributed by atoms with Gasteiger partial charge in [0.05, 0.1) is 9.75 Å². The number of hydrogen-bond donors (Lipinski definition) is 0. The van der Waals surface area contributed by atoms with E-state index in [0.29, 0.717) is 30.6 Å². The number of pyridine rings is 2. The van der Waals surface area contributed by atoms with Crippen LogP contribution in [0.5, 0.6) is 0 Å². The van der Waals surface area contributed by atoms with Crippen LogP contribution in [-0.4, -0.2) is 17.8 Å². The summed E-state index contributed by atoms with van der Waals surface area (Å²) in [5.74, 6) is -16.0. The van der Waals surface area contributed by atoms with Crippen LogP contribution in [0.25, 0.3) is 51.5 Å². The van der Waals surface area contributed by atoms with Gasteiger partial charge in [0.1, 0.15) is 14.1 Å². The van der Waals surface area contributed by atoms with Crippen LogP contribution in [0.1, 0.15) is 20.9 Å². The minimum Gasteiger partial charge on any atom is -0.208 e. The SMILES string of the molecule is Cc1ccc(-c2sc(-c3cc[n+](C)cc3)cc2C2=C(c3cc(-c4cc[n+](C)cc4)sc3-c3ccc(C)s3)C(F)(F)C(F)(F)C2(F)F)s1. The normalized spacial score (nSPS) is 16.7. The highest BCUT2D eigenvalue weighted by atomic mass is 32.1. The Bertz CT molecular complexity index is 2010. The van der Waals surface area contributed by atoms with Gasteiger partial charge in [0.15, 0.2) is 24.8 Å². The van der Waals surface area contributed by atoms with Crippen molar-refractivity contribution in [2.24, 2.45) is 14.1 Å². The Labute approximate surface area is 283 Å². The zero-order valence-corrected chi connectivity index (χ0v) is 28.6. The molecule has 7 rings (SSSR count). The average molecular weight is 717 g/mol. The lowest BCUT2D eigenvalue weighted by Crippen LogP contribution is -2.48. The van der Waals surface area contributed by atoms with Gasteiger partial charge in [-0.3, -0.25) is 0 Å². The number of rotatable bonds is 6. The van der Waals surface area contributed by atoms with Gasteiger partial charge < -0.3 is 0 Å². The summed E-state index contributed by atoms with van der Waals surface area (Å²) < 4.78 is 100. The van der Waals surface area contributed by atoms with E-state index in [-0.39, 0.29) is 20.9 Å². The highest BCUT2D eigenvalue weighted by molar-refractivity contribution is 7.24. The van der Waals surface area contributed by atoms with Gasteiger partial charge >= 0.3 is 17.8 Å². The Morgan fingerprint density at radius 1 is 0.489 bits per heavy atom. The van der Waals surface area contributed by atoms with E-state index in [1.54, 1.807) is 82.5 Å². The summed E-state index contributed by atoms with van der Waals surface area (Å²) in [6, 6.07) is 16.8. The van der Waals surface area contributed by atoms with E-state index in [0.717, 1.165) is 32.4 Å². The first-order valence-corrected chi connectivity index (χ1v) is 17.7. The standard InChI is InChI=1S/C35H26F6N2S4/c1-19-5-7-25(44-19)31-23(17-27(46-31)21-9-13-42(3)14-10-21)29-30(34(38,39)35(40,41)33(29,36)37)24-18-28(22-11-15-43(4)16-12-22)47-32(24)26-8-6-20(2)45-26/h5-18H,1-4H3/q+2. The zero-order chi connectivity index (χ0) is 33.5. The minimum atomic E-state index is -5.68. The fourth-order valence-electron chi connectivity index (χ4n) is 5.68. The summed E-state index contributed by atoms with van der Waals surface area (Å²) in [5, 5.41) is 0. The van der Waals surface area contributed by atoms with Gasteiger partial charge in [0.25, 0.3) is 0 Å². The molecule has 0 amide bonds. The summed E-state index contributed by atoms with van der Waals surface area (Å²) in [7, 11) is 3.64. The molecule has 2 nitrogen and oxygen atoms in total. The van der Waals surface area contributed by atoms with Gasteiger partial charge in [-0.05, 0) is 50.2 Å². The maximum Gasteiger partial charge on any atom is 0.380 e. The fraction of sp³-hybridized carbons (Fsp3) is 0.200. The van der Waals surface area contributed by atoms with Gasteiger partial charge in [-0.1, -0.05) is 0 Å². The van der Waals surface area contributed by atoms with E-state index in [1.807, 2.05) is 27.9 Å². The number of thiophene rings is 4. The maximum atomic E-state index is 16.3. The van der Waals surface area contributed by atoms with E-state index < -0.39 is 28.9 Å². The van der Waals surface area contributed by atoms with Crippen LogP contribution in [-0.2, 0) is 14.1 Å². The highest BCUT2D eigenvalue weighted by Crippen LogP contribution is 2.67. The molecular formula is C35H26F6N2S4+2. The second-order valence-electron chi connectivity index (χ2n) is 11.5. The molecule has 0 fully saturated rings. The highest BCUT2D eigenvalue weighted by Gasteiger charge is 2.80. The number of nitrogens with zero attached hydrogens (tertiary/aromatic N) is 2. The summed E-state index contributed by atoms with van der Waals surface area (Å²) in [4.78, 5) is 4.29. The lowest BCUT2D eigenvalue weighted by Gasteiger charge is -2.25. The van der Waals surface area contributed by atoms with Gasteiger partial charge in [0, 0.05) is 86.9 Å². The molecule has 0 N–H and O–H groups in total. The largest absolute Gasteiger partial charge is 0.380 e. The molecule has 0 spiro atoms. The number of aryl methyl sites for hydroxylation is 4. The first-order valence-electron chi connectivity index (χ1n) is 14.4. The molecule has 0 unspecified atom stereocenters. The van der Waals surface area contributed by atoms with Gasteiger partial charge in [-0.25, -0.2) is 9.13 Å². The van der Waals surface area contributed by atoms with Crippen molar-refractivity contribution in [3.05, 3.63) is 106 Å². The van der Waals surface area contributed by atoms with E-state index in [9.17, 15) is 0 Å². The number of allylic oxidation sites excluding steroid dienone is 2. The van der Waals surface area contributed by atoms with Crippen molar-refractivity contribution >= 4 is 56.5 Å². The van der Waals surface area contributed by atoms with Crippen LogP contribution in [0.15, 0.2) is 85.5 Å². The molecule has 0 aromatic carbocycles. The lowest BCUT2D eigenvalue weighted by molar-refractivity contribution is -0.671. The van der Waals surface area contributed by atoms with E-state index in [2.05, 4.69) is 0 Å². The smallest absolute Gasteiger partial charge is 0.208 e. The van der Waals surface area contributed by atoms with Crippen molar-refractivity contribution in [3.63, 3.8) is 0 Å². The lowest BCUT2D eigenvalue weighted by atomic mass is 9.93. The predicted molar refractivity (Wildman–Crippen MR) is 180 cm³/mol. The Kier molecular flexibility index (Phi) is 7.66. The molecule has 0 aliphatic heterocycles. The van der Waals surface area contributed by atoms with Gasteiger partial charge in [-0.15, -0.1) is 45.3 Å². The third-order valence-electron chi connectivity index (χ3n) is 8.12.